The molecule has 0 saturated heterocycles. The number of aromatic amines is 1. The molecule has 0 saturated carbocycles. The number of aliphatic carboxylic acids is 1. The van der Waals surface area contributed by atoms with Crippen LogP contribution in [0, 0.1) is 0 Å². The minimum absolute atomic E-state index is 0.0296. The van der Waals surface area contributed by atoms with Crippen molar-refractivity contribution in [3.8, 4) is 5.75 Å². The molecule has 3 aromatic rings. The second-order valence-corrected chi connectivity index (χ2v) is 9.91. The normalized spacial score (nSPS) is 13.2. The summed E-state index contributed by atoms with van der Waals surface area (Å²) in [6.07, 6.45) is 3.41. The topological polar surface area (TPSA) is 113 Å². The van der Waals surface area contributed by atoms with Gasteiger partial charge in [0.1, 0.15) is 11.4 Å². The molecule has 1 heterocycles. The quantitative estimate of drug-likeness (QED) is 0.275. The van der Waals surface area contributed by atoms with E-state index in [1.165, 1.54) is 0 Å². The molecule has 0 radical (unpaired) electrons. The van der Waals surface area contributed by atoms with Crippen molar-refractivity contribution >= 4 is 23.0 Å². The summed E-state index contributed by atoms with van der Waals surface area (Å²) in [7, 11) is 1.64. The summed E-state index contributed by atoms with van der Waals surface area (Å²) in [5.41, 5.74) is 2.56. The number of rotatable bonds is 12. The first kappa shape index (κ1) is 27.1. The maximum absolute atomic E-state index is 12.4. The number of carbonyl (C=O) groups is 2. The van der Waals surface area contributed by atoms with E-state index in [0.29, 0.717) is 13.0 Å². The predicted octanol–water partition coefficient (Wildman–Crippen LogP) is 5.20. The fraction of sp³-hybridized carbons (Fsp3) is 0.429. The monoisotopic (exact) mass is 495 g/mol. The highest BCUT2D eigenvalue weighted by Gasteiger charge is 2.23. The summed E-state index contributed by atoms with van der Waals surface area (Å²) in [5.74, 6) is -0.0450. The molecule has 0 spiro atoms. The van der Waals surface area contributed by atoms with Crippen molar-refractivity contribution in [1.29, 1.82) is 0 Å². The van der Waals surface area contributed by atoms with Crippen LogP contribution in [0.25, 0.3) is 10.9 Å². The zero-order valence-electron chi connectivity index (χ0n) is 21.5. The second-order valence-electron chi connectivity index (χ2n) is 9.91. The number of ether oxygens (including phenoxy) is 2. The van der Waals surface area contributed by atoms with Gasteiger partial charge in [-0.2, -0.15) is 0 Å². The van der Waals surface area contributed by atoms with E-state index in [2.05, 4.69) is 15.6 Å². The SMILES string of the molecule is COc1ccc(CCC(CNC(=O)OC(C)(C)C)N[C@H](CCC(=O)O)c2c[nH]c3ccccc23)cc1. The summed E-state index contributed by atoms with van der Waals surface area (Å²) >= 11 is 0. The van der Waals surface area contributed by atoms with E-state index in [9.17, 15) is 14.7 Å². The van der Waals surface area contributed by atoms with Crippen molar-refractivity contribution in [2.75, 3.05) is 13.7 Å². The van der Waals surface area contributed by atoms with E-state index in [1.54, 1.807) is 7.11 Å². The molecule has 1 unspecified atom stereocenters. The van der Waals surface area contributed by atoms with Gasteiger partial charge in [-0.25, -0.2) is 4.79 Å². The van der Waals surface area contributed by atoms with Gasteiger partial charge in [0, 0.05) is 42.1 Å². The average Bonchev–Trinajstić information content (AvgIpc) is 3.26. The number of aromatic nitrogens is 1. The first-order chi connectivity index (χ1) is 17.1. The van der Waals surface area contributed by atoms with Gasteiger partial charge in [-0.3, -0.25) is 4.79 Å². The lowest BCUT2D eigenvalue weighted by Crippen LogP contribution is -2.44. The van der Waals surface area contributed by atoms with Crippen LogP contribution < -0.4 is 15.4 Å². The number of carbonyl (C=O) groups excluding carboxylic acids is 1. The van der Waals surface area contributed by atoms with Crippen LogP contribution in [0.3, 0.4) is 0 Å². The van der Waals surface area contributed by atoms with Gasteiger partial charge in [0.25, 0.3) is 0 Å². The second kappa shape index (κ2) is 12.4. The van der Waals surface area contributed by atoms with Crippen LogP contribution in [0.4, 0.5) is 4.79 Å². The molecule has 194 valence electrons. The van der Waals surface area contributed by atoms with Crippen LogP contribution >= 0.6 is 0 Å². The summed E-state index contributed by atoms with van der Waals surface area (Å²) in [5, 5.41) is 16.9. The van der Waals surface area contributed by atoms with Crippen molar-refractivity contribution in [2.24, 2.45) is 0 Å². The molecular formula is C28H37N3O5. The van der Waals surface area contributed by atoms with Crippen LogP contribution in [0.15, 0.2) is 54.7 Å². The molecule has 8 heteroatoms. The minimum Gasteiger partial charge on any atom is -0.497 e. The summed E-state index contributed by atoms with van der Waals surface area (Å²) in [6, 6.07) is 15.5. The van der Waals surface area contributed by atoms with Crippen LogP contribution in [0.2, 0.25) is 0 Å². The lowest BCUT2D eigenvalue weighted by Gasteiger charge is -2.27. The number of carboxylic acid groups (broad SMARTS) is 1. The Hall–Kier alpha value is -3.52. The Labute approximate surface area is 212 Å². The van der Waals surface area contributed by atoms with E-state index in [4.69, 9.17) is 9.47 Å². The van der Waals surface area contributed by atoms with E-state index in [-0.39, 0.29) is 18.5 Å². The number of benzene rings is 2. The maximum atomic E-state index is 12.4. The lowest BCUT2D eigenvalue weighted by atomic mass is 9.98. The fourth-order valence-electron chi connectivity index (χ4n) is 4.16. The molecule has 0 bridgehead atoms. The highest BCUT2D eigenvalue weighted by atomic mass is 16.6. The molecule has 0 fully saturated rings. The van der Waals surface area contributed by atoms with Gasteiger partial charge in [-0.05, 0) is 69.4 Å². The Balaban J connectivity index is 1.78. The molecule has 2 aromatic carbocycles. The van der Waals surface area contributed by atoms with E-state index in [0.717, 1.165) is 40.6 Å². The number of methoxy groups -OCH3 is 1. The van der Waals surface area contributed by atoms with Crippen LogP contribution in [-0.2, 0) is 16.0 Å². The number of hydrogen-bond acceptors (Lipinski definition) is 5. The number of amides is 1. The molecular weight excluding hydrogens is 458 g/mol. The van der Waals surface area contributed by atoms with Gasteiger partial charge >= 0.3 is 12.1 Å². The van der Waals surface area contributed by atoms with E-state index >= 15 is 0 Å². The van der Waals surface area contributed by atoms with Gasteiger partial charge in [0.2, 0.25) is 0 Å². The van der Waals surface area contributed by atoms with Crippen molar-refractivity contribution in [2.45, 2.75) is 64.1 Å². The lowest BCUT2D eigenvalue weighted by molar-refractivity contribution is -0.137. The molecule has 8 nitrogen and oxygen atoms in total. The first-order valence-electron chi connectivity index (χ1n) is 12.3. The summed E-state index contributed by atoms with van der Waals surface area (Å²) in [4.78, 5) is 27.1. The van der Waals surface area contributed by atoms with Crippen molar-refractivity contribution in [3.05, 3.63) is 65.9 Å². The van der Waals surface area contributed by atoms with Crippen molar-refractivity contribution in [1.82, 2.24) is 15.6 Å². The number of carboxylic acids is 1. The summed E-state index contributed by atoms with van der Waals surface area (Å²) in [6.45, 7) is 5.82. The predicted molar refractivity (Wildman–Crippen MR) is 140 cm³/mol. The molecule has 0 aliphatic carbocycles. The van der Waals surface area contributed by atoms with E-state index < -0.39 is 17.7 Å². The van der Waals surface area contributed by atoms with Gasteiger partial charge in [0.05, 0.1) is 7.11 Å². The Bertz CT molecular complexity index is 1130. The van der Waals surface area contributed by atoms with Crippen molar-refractivity contribution in [3.63, 3.8) is 0 Å². The zero-order chi connectivity index (χ0) is 26.1. The Morgan fingerprint density at radius 3 is 2.44 bits per heavy atom. The number of hydrogen-bond donors (Lipinski definition) is 4. The van der Waals surface area contributed by atoms with Crippen molar-refractivity contribution < 1.29 is 24.2 Å². The molecule has 0 aliphatic rings. The number of fused-ring (bicyclic) bond motifs is 1. The zero-order valence-corrected chi connectivity index (χ0v) is 21.5. The number of aryl methyl sites for hydroxylation is 1. The Kier molecular flexibility index (Phi) is 9.36. The molecule has 0 aliphatic heterocycles. The van der Waals surface area contributed by atoms with E-state index in [1.807, 2.05) is 75.5 Å². The summed E-state index contributed by atoms with van der Waals surface area (Å²) < 4.78 is 10.7. The van der Waals surface area contributed by atoms with Gasteiger partial charge < -0.3 is 30.2 Å². The van der Waals surface area contributed by atoms with Crippen LogP contribution in [0.1, 0.15) is 57.2 Å². The third-order valence-corrected chi connectivity index (χ3v) is 5.91. The van der Waals surface area contributed by atoms with Crippen LogP contribution in [0.5, 0.6) is 5.75 Å². The third-order valence-electron chi connectivity index (χ3n) is 5.91. The highest BCUT2D eigenvalue weighted by Crippen LogP contribution is 2.28. The number of para-hydroxylation sites is 1. The molecule has 1 amide bonds. The number of H-pyrrole nitrogens is 1. The molecule has 36 heavy (non-hydrogen) atoms. The minimum atomic E-state index is -0.844. The number of alkyl carbamates (subject to hydrolysis) is 1. The standard InChI is InChI=1S/C28H37N3O5/c1-28(2,3)36-27(34)30-17-20(12-9-19-10-13-21(35-4)14-11-19)31-25(15-16-26(32)33)23-18-29-24-8-6-5-7-22(23)24/h5-8,10-11,13-14,18,20,25,29,31H,9,12,15-17H2,1-4H3,(H,30,34)(H,32,33)/t20?,25-/m1/s1. The molecule has 4 N–H and O–H groups in total. The van der Waals surface area contributed by atoms with Crippen LogP contribution in [-0.4, -0.2) is 47.5 Å². The fourth-order valence-corrected chi connectivity index (χ4v) is 4.16. The smallest absolute Gasteiger partial charge is 0.407 e. The van der Waals surface area contributed by atoms with Gasteiger partial charge in [0.15, 0.2) is 0 Å². The van der Waals surface area contributed by atoms with Gasteiger partial charge in [-0.15, -0.1) is 0 Å². The first-order valence-corrected chi connectivity index (χ1v) is 12.3. The molecule has 1 aromatic heterocycles. The largest absolute Gasteiger partial charge is 0.497 e. The molecule has 2 atom stereocenters. The Morgan fingerprint density at radius 1 is 1.06 bits per heavy atom. The Morgan fingerprint density at radius 2 is 1.78 bits per heavy atom. The average molecular weight is 496 g/mol. The maximum Gasteiger partial charge on any atom is 0.407 e. The number of nitrogens with one attached hydrogen (secondary N) is 3. The molecule has 3 rings (SSSR count). The highest BCUT2D eigenvalue weighted by molar-refractivity contribution is 5.83. The third kappa shape index (κ3) is 8.30. The van der Waals surface area contributed by atoms with Gasteiger partial charge in [-0.1, -0.05) is 30.3 Å².